The molecule has 0 aliphatic carbocycles. The zero-order chi connectivity index (χ0) is 20.4. The van der Waals surface area contributed by atoms with Gasteiger partial charge in [0.2, 0.25) is 0 Å². The molecule has 4 rings (SSSR count). The zero-order valence-corrected chi connectivity index (χ0v) is 14.6. The first-order valence-corrected chi connectivity index (χ1v) is 8.35. The highest BCUT2D eigenvalue weighted by atomic mass is 19.4. The van der Waals surface area contributed by atoms with Crippen LogP contribution in [-0.4, -0.2) is 24.9 Å². The average molecular weight is 397 g/mol. The molecule has 0 amide bonds. The minimum Gasteiger partial charge on any atom is -0.251 e. The van der Waals surface area contributed by atoms with Crippen molar-refractivity contribution < 1.29 is 17.6 Å². The molecule has 9 heteroatoms. The maximum absolute atomic E-state index is 13.4. The monoisotopic (exact) mass is 397 g/mol. The molecule has 0 N–H and O–H groups in total. The van der Waals surface area contributed by atoms with Gasteiger partial charge in [-0.25, -0.2) is 24.3 Å². The summed E-state index contributed by atoms with van der Waals surface area (Å²) in [7, 11) is 0. The van der Waals surface area contributed by atoms with Crippen LogP contribution < -0.4 is 0 Å². The number of aromatic nitrogens is 5. The summed E-state index contributed by atoms with van der Waals surface area (Å²) in [4.78, 5) is 20.3. The van der Waals surface area contributed by atoms with Crippen molar-refractivity contribution >= 4 is 0 Å². The summed E-state index contributed by atoms with van der Waals surface area (Å²) in [6.07, 6.45) is 0.982. The average Bonchev–Trinajstić information content (AvgIpc) is 2.74. The third-order valence-electron chi connectivity index (χ3n) is 4.08. The number of rotatable bonds is 3. The molecule has 0 bridgehead atoms. The van der Waals surface area contributed by atoms with Gasteiger partial charge in [-0.15, -0.1) is 0 Å². The van der Waals surface area contributed by atoms with Gasteiger partial charge in [0.15, 0.2) is 5.82 Å². The Bertz CT molecular complexity index is 1130. The first-order valence-electron chi connectivity index (χ1n) is 8.35. The van der Waals surface area contributed by atoms with Gasteiger partial charge in [-0.1, -0.05) is 0 Å². The van der Waals surface area contributed by atoms with E-state index in [0.29, 0.717) is 28.1 Å². The Kier molecular flexibility index (Phi) is 4.71. The van der Waals surface area contributed by atoms with Gasteiger partial charge in [-0.3, -0.25) is 4.98 Å². The molecule has 3 aromatic heterocycles. The van der Waals surface area contributed by atoms with Crippen LogP contribution in [0.2, 0.25) is 0 Å². The topological polar surface area (TPSA) is 64.5 Å². The molecule has 3 heterocycles. The van der Waals surface area contributed by atoms with Crippen molar-refractivity contribution in [2.24, 2.45) is 0 Å². The van der Waals surface area contributed by atoms with Gasteiger partial charge in [0, 0.05) is 35.3 Å². The van der Waals surface area contributed by atoms with E-state index < -0.39 is 17.7 Å². The number of nitrogens with zero attached hydrogens (tertiary/aromatic N) is 5. The van der Waals surface area contributed by atoms with Crippen molar-refractivity contribution in [3.8, 4) is 33.9 Å². The van der Waals surface area contributed by atoms with Crippen LogP contribution >= 0.6 is 0 Å². The van der Waals surface area contributed by atoms with Gasteiger partial charge >= 0.3 is 6.18 Å². The fourth-order valence-corrected chi connectivity index (χ4v) is 2.68. The first kappa shape index (κ1) is 18.6. The standard InChI is InChI=1S/C20H11F4N5/c21-14-4-1-12(2-5-14)18-15(16-7-8-25-11-28-16)10-27-19(29-18)13-3-6-17(26-9-13)20(22,23)24/h1-11H. The van der Waals surface area contributed by atoms with E-state index in [0.717, 1.165) is 12.3 Å². The number of halogens is 4. The highest BCUT2D eigenvalue weighted by Crippen LogP contribution is 2.32. The summed E-state index contributed by atoms with van der Waals surface area (Å²) in [5.74, 6) is -0.220. The fourth-order valence-electron chi connectivity index (χ4n) is 2.68. The van der Waals surface area contributed by atoms with Gasteiger partial charge in [-0.2, -0.15) is 13.2 Å². The second-order valence-electron chi connectivity index (χ2n) is 5.99. The van der Waals surface area contributed by atoms with Crippen molar-refractivity contribution in [1.82, 2.24) is 24.9 Å². The van der Waals surface area contributed by atoms with E-state index >= 15 is 0 Å². The van der Waals surface area contributed by atoms with E-state index in [1.165, 1.54) is 30.7 Å². The van der Waals surface area contributed by atoms with Crippen molar-refractivity contribution in [3.63, 3.8) is 0 Å². The third-order valence-corrected chi connectivity index (χ3v) is 4.08. The normalized spacial score (nSPS) is 11.4. The summed E-state index contributed by atoms with van der Waals surface area (Å²) in [5, 5.41) is 0. The highest BCUT2D eigenvalue weighted by molar-refractivity contribution is 5.79. The third kappa shape index (κ3) is 3.93. The Balaban J connectivity index is 1.83. The molecule has 144 valence electrons. The minimum absolute atomic E-state index is 0.184. The van der Waals surface area contributed by atoms with Gasteiger partial charge < -0.3 is 0 Å². The van der Waals surface area contributed by atoms with Crippen LogP contribution in [0.15, 0.2) is 67.4 Å². The Morgan fingerprint density at radius 3 is 2.14 bits per heavy atom. The lowest BCUT2D eigenvalue weighted by Crippen LogP contribution is -2.07. The van der Waals surface area contributed by atoms with E-state index in [2.05, 4.69) is 24.9 Å². The minimum atomic E-state index is -4.53. The SMILES string of the molecule is Fc1ccc(-c2nc(-c3ccc(C(F)(F)F)nc3)ncc2-c2ccncn2)cc1. The molecule has 4 aromatic rings. The molecule has 0 aliphatic rings. The van der Waals surface area contributed by atoms with Crippen molar-refractivity contribution in [2.45, 2.75) is 6.18 Å². The van der Waals surface area contributed by atoms with E-state index in [-0.39, 0.29) is 5.82 Å². The van der Waals surface area contributed by atoms with Crippen molar-refractivity contribution in [2.75, 3.05) is 0 Å². The zero-order valence-electron chi connectivity index (χ0n) is 14.6. The van der Waals surface area contributed by atoms with Crippen LogP contribution in [-0.2, 0) is 6.18 Å². The van der Waals surface area contributed by atoms with Crippen LogP contribution in [0, 0.1) is 5.82 Å². The van der Waals surface area contributed by atoms with E-state index in [4.69, 9.17) is 0 Å². The lowest BCUT2D eigenvalue weighted by atomic mass is 10.0. The molecule has 0 spiro atoms. The number of hydrogen-bond acceptors (Lipinski definition) is 5. The molecule has 0 saturated heterocycles. The van der Waals surface area contributed by atoms with E-state index in [1.807, 2.05) is 0 Å². The molecular weight excluding hydrogens is 386 g/mol. The highest BCUT2D eigenvalue weighted by Gasteiger charge is 2.32. The molecular formula is C20H11F4N5. The molecule has 0 aliphatic heterocycles. The van der Waals surface area contributed by atoms with E-state index in [9.17, 15) is 17.6 Å². The second kappa shape index (κ2) is 7.34. The lowest BCUT2D eigenvalue weighted by molar-refractivity contribution is -0.141. The van der Waals surface area contributed by atoms with E-state index in [1.54, 1.807) is 24.4 Å². The smallest absolute Gasteiger partial charge is 0.251 e. The van der Waals surface area contributed by atoms with Crippen LogP contribution in [0.3, 0.4) is 0 Å². The molecule has 0 radical (unpaired) electrons. The quantitative estimate of drug-likeness (QED) is 0.464. The predicted octanol–water partition coefficient (Wildman–Crippen LogP) is 4.82. The fraction of sp³-hybridized carbons (Fsp3) is 0.0500. The number of pyridine rings is 1. The van der Waals surface area contributed by atoms with Gasteiger partial charge in [0.25, 0.3) is 0 Å². The van der Waals surface area contributed by atoms with Gasteiger partial charge in [-0.05, 0) is 42.5 Å². The van der Waals surface area contributed by atoms with Crippen LogP contribution in [0.5, 0.6) is 0 Å². The molecule has 0 unspecified atom stereocenters. The Morgan fingerprint density at radius 2 is 1.52 bits per heavy atom. The summed E-state index contributed by atoms with van der Waals surface area (Å²) in [6.45, 7) is 0. The Labute approximate surface area is 162 Å². The lowest BCUT2D eigenvalue weighted by Gasteiger charge is -2.11. The van der Waals surface area contributed by atoms with Crippen molar-refractivity contribution in [1.29, 1.82) is 0 Å². The molecule has 5 nitrogen and oxygen atoms in total. The molecule has 0 atom stereocenters. The first-order chi connectivity index (χ1) is 13.9. The Morgan fingerprint density at radius 1 is 0.759 bits per heavy atom. The summed E-state index contributed by atoms with van der Waals surface area (Å²) < 4.78 is 51.6. The molecule has 0 fully saturated rings. The largest absolute Gasteiger partial charge is 0.433 e. The molecule has 1 aromatic carbocycles. The molecule has 0 saturated carbocycles. The maximum atomic E-state index is 13.4. The number of hydrogen-bond donors (Lipinski definition) is 0. The number of benzene rings is 1. The predicted molar refractivity (Wildman–Crippen MR) is 96.7 cm³/mol. The van der Waals surface area contributed by atoms with Crippen LogP contribution in [0.25, 0.3) is 33.9 Å². The van der Waals surface area contributed by atoms with Gasteiger partial charge in [0.1, 0.15) is 17.8 Å². The maximum Gasteiger partial charge on any atom is 0.433 e. The summed E-state index contributed by atoms with van der Waals surface area (Å²) >= 11 is 0. The number of alkyl halides is 3. The van der Waals surface area contributed by atoms with Crippen LogP contribution in [0.4, 0.5) is 17.6 Å². The van der Waals surface area contributed by atoms with Gasteiger partial charge in [0.05, 0.1) is 11.4 Å². The second-order valence-corrected chi connectivity index (χ2v) is 5.99. The molecule has 29 heavy (non-hydrogen) atoms. The summed E-state index contributed by atoms with van der Waals surface area (Å²) in [6, 6.07) is 9.49. The van der Waals surface area contributed by atoms with Crippen molar-refractivity contribution in [3.05, 3.63) is 78.9 Å². The Hall–Kier alpha value is -3.75. The summed E-state index contributed by atoms with van der Waals surface area (Å²) in [5.41, 5.74) is 1.49. The van der Waals surface area contributed by atoms with Crippen LogP contribution in [0.1, 0.15) is 5.69 Å².